The highest BCUT2D eigenvalue weighted by molar-refractivity contribution is 8.00. The molecule has 0 saturated heterocycles. The van der Waals surface area contributed by atoms with Gasteiger partial charge in [0, 0.05) is 16.9 Å². The van der Waals surface area contributed by atoms with Crippen LogP contribution in [0.3, 0.4) is 0 Å². The first-order chi connectivity index (χ1) is 21.4. The Morgan fingerprint density at radius 2 is 1.18 bits per heavy atom. The summed E-state index contributed by atoms with van der Waals surface area (Å²) in [4.78, 5) is 30.1. The standard InChI is InChI=1S/C35H29N5O2S2/c36-27-5-1-3-7-29(27)38-33(41)25-14-9-22(10-15-25)19-24-13-18-31-32(20-24)44-35(40-31)43-21-23-11-16-26(17-12-23)34(42)39-30-8-4-2-6-28(30)37/h1-18,20H,19,21,36-37H2,(H,38,41)(H,39,42). The van der Waals surface area contributed by atoms with Crippen LogP contribution in [0.5, 0.6) is 0 Å². The van der Waals surface area contributed by atoms with Gasteiger partial charge in [-0.1, -0.05) is 66.4 Å². The number of rotatable bonds is 9. The molecule has 6 rings (SSSR count). The Hall–Kier alpha value is -5.12. The van der Waals surface area contributed by atoms with Gasteiger partial charge in [-0.3, -0.25) is 9.59 Å². The predicted molar refractivity (Wildman–Crippen MR) is 182 cm³/mol. The van der Waals surface area contributed by atoms with Crippen molar-refractivity contribution in [3.63, 3.8) is 0 Å². The highest BCUT2D eigenvalue weighted by atomic mass is 32.2. The Balaban J connectivity index is 1.04. The summed E-state index contributed by atoms with van der Waals surface area (Å²) >= 11 is 3.35. The van der Waals surface area contributed by atoms with E-state index in [0.29, 0.717) is 33.9 Å². The summed E-state index contributed by atoms with van der Waals surface area (Å²) in [5, 5.41) is 5.72. The third-order valence-corrected chi connectivity index (χ3v) is 9.29. The van der Waals surface area contributed by atoms with Crippen molar-refractivity contribution in [3.05, 3.63) is 143 Å². The number of nitrogens with one attached hydrogen (secondary N) is 2. The van der Waals surface area contributed by atoms with Crippen molar-refractivity contribution in [2.45, 2.75) is 16.5 Å². The minimum Gasteiger partial charge on any atom is -0.397 e. The van der Waals surface area contributed by atoms with Crippen molar-refractivity contribution in [1.82, 2.24) is 4.98 Å². The Kier molecular flexibility index (Phi) is 8.58. The lowest BCUT2D eigenvalue weighted by Gasteiger charge is -2.08. The molecule has 0 aliphatic rings. The monoisotopic (exact) mass is 615 g/mol. The van der Waals surface area contributed by atoms with Gasteiger partial charge in [0.05, 0.1) is 33.0 Å². The van der Waals surface area contributed by atoms with Crippen LogP contribution in [-0.2, 0) is 12.2 Å². The van der Waals surface area contributed by atoms with Gasteiger partial charge in [-0.25, -0.2) is 4.98 Å². The van der Waals surface area contributed by atoms with Crippen molar-refractivity contribution < 1.29 is 9.59 Å². The second-order valence-corrected chi connectivity index (χ2v) is 12.5. The summed E-state index contributed by atoms with van der Waals surface area (Å²) in [6.07, 6.45) is 0.751. The zero-order chi connectivity index (χ0) is 30.5. The molecule has 0 atom stereocenters. The number of carbonyl (C=O) groups excluding carboxylic acids is 2. The van der Waals surface area contributed by atoms with E-state index < -0.39 is 0 Å². The summed E-state index contributed by atoms with van der Waals surface area (Å²) in [6, 6.07) is 36.0. The Morgan fingerprint density at radius 1 is 0.659 bits per heavy atom. The van der Waals surface area contributed by atoms with Crippen LogP contribution >= 0.6 is 23.1 Å². The molecule has 7 nitrogen and oxygen atoms in total. The van der Waals surface area contributed by atoms with E-state index in [-0.39, 0.29) is 11.8 Å². The van der Waals surface area contributed by atoms with Gasteiger partial charge in [0.15, 0.2) is 4.34 Å². The molecule has 6 N–H and O–H groups in total. The predicted octanol–water partition coefficient (Wildman–Crippen LogP) is 7.85. The van der Waals surface area contributed by atoms with Crippen molar-refractivity contribution in [2.75, 3.05) is 22.1 Å². The summed E-state index contributed by atoms with van der Waals surface area (Å²) in [7, 11) is 0. The average molecular weight is 616 g/mol. The van der Waals surface area contributed by atoms with Gasteiger partial charge in [0.1, 0.15) is 0 Å². The van der Waals surface area contributed by atoms with E-state index in [9.17, 15) is 9.59 Å². The lowest BCUT2D eigenvalue weighted by molar-refractivity contribution is 0.101. The van der Waals surface area contributed by atoms with Crippen molar-refractivity contribution in [2.24, 2.45) is 0 Å². The van der Waals surface area contributed by atoms with Crippen LogP contribution in [-0.4, -0.2) is 16.8 Å². The largest absolute Gasteiger partial charge is 0.397 e. The molecule has 1 aromatic heterocycles. The number of nitrogens with two attached hydrogens (primary N) is 2. The number of fused-ring (bicyclic) bond motifs is 1. The summed E-state index contributed by atoms with van der Waals surface area (Å²) in [5.41, 5.74) is 19.7. The number of hydrogen-bond acceptors (Lipinski definition) is 7. The van der Waals surface area contributed by atoms with Crippen molar-refractivity contribution in [3.8, 4) is 0 Å². The third-order valence-electron chi connectivity index (χ3n) is 7.05. The number of nitrogens with zero attached hydrogens (tertiary/aromatic N) is 1. The van der Waals surface area contributed by atoms with Crippen molar-refractivity contribution >= 4 is 67.9 Å². The molecule has 0 radical (unpaired) electrons. The number of nitrogen functional groups attached to an aromatic ring is 2. The normalized spacial score (nSPS) is 10.9. The number of para-hydroxylation sites is 4. The van der Waals surface area contributed by atoms with Crippen LogP contribution in [0.4, 0.5) is 22.7 Å². The highest BCUT2D eigenvalue weighted by Gasteiger charge is 2.11. The van der Waals surface area contributed by atoms with Gasteiger partial charge >= 0.3 is 0 Å². The first kappa shape index (κ1) is 29.0. The zero-order valence-electron chi connectivity index (χ0n) is 23.6. The number of aromatic nitrogens is 1. The van der Waals surface area contributed by atoms with Gasteiger partial charge in [0.25, 0.3) is 11.8 Å². The molecule has 44 heavy (non-hydrogen) atoms. The van der Waals surface area contributed by atoms with Crippen LogP contribution in [0.2, 0.25) is 0 Å². The topological polar surface area (TPSA) is 123 Å². The van der Waals surface area contributed by atoms with E-state index in [4.69, 9.17) is 16.5 Å². The molecule has 0 aliphatic carbocycles. The molecule has 5 aromatic carbocycles. The molecular weight excluding hydrogens is 587 g/mol. The van der Waals surface area contributed by atoms with Crippen LogP contribution < -0.4 is 22.1 Å². The maximum absolute atomic E-state index is 12.6. The Labute approximate surface area is 263 Å². The molecule has 0 fully saturated rings. The number of carbonyl (C=O) groups is 2. The van der Waals surface area contributed by atoms with Gasteiger partial charge in [0.2, 0.25) is 0 Å². The summed E-state index contributed by atoms with van der Waals surface area (Å²) in [5.74, 6) is 0.358. The van der Waals surface area contributed by atoms with Crippen LogP contribution in [0.1, 0.15) is 37.4 Å². The summed E-state index contributed by atoms with van der Waals surface area (Å²) in [6.45, 7) is 0. The fraction of sp³-hybridized carbons (Fsp3) is 0.0571. The maximum atomic E-state index is 12.6. The molecular formula is C35H29N5O2S2. The first-order valence-electron chi connectivity index (χ1n) is 13.9. The molecule has 6 aromatic rings. The molecule has 0 spiro atoms. The van der Waals surface area contributed by atoms with E-state index >= 15 is 0 Å². The Morgan fingerprint density at radius 3 is 1.75 bits per heavy atom. The van der Waals surface area contributed by atoms with Gasteiger partial charge in [-0.15, -0.1) is 11.3 Å². The maximum Gasteiger partial charge on any atom is 0.255 e. The number of amides is 2. The molecule has 1 heterocycles. The second kappa shape index (κ2) is 13.0. The first-order valence-corrected chi connectivity index (χ1v) is 15.7. The number of thiazole rings is 1. The highest BCUT2D eigenvalue weighted by Crippen LogP contribution is 2.32. The molecule has 0 aliphatic heterocycles. The van der Waals surface area contributed by atoms with Gasteiger partial charge in [-0.2, -0.15) is 0 Å². The van der Waals surface area contributed by atoms with Crippen LogP contribution in [0.25, 0.3) is 10.2 Å². The number of thioether (sulfide) groups is 1. The Bertz CT molecular complexity index is 1950. The fourth-order valence-corrected chi connectivity index (χ4v) is 6.73. The number of benzene rings is 5. The molecule has 0 saturated carbocycles. The van der Waals surface area contributed by atoms with E-state index in [1.807, 2.05) is 72.8 Å². The zero-order valence-corrected chi connectivity index (χ0v) is 25.3. The average Bonchev–Trinajstić information content (AvgIpc) is 3.45. The van der Waals surface area contributed by atoms with E-state index in [0.717, 1.165) is 37.9 Å². The number of anilines is 4. The van der Waals surface area contributed by atoms with E-state index in [1.165, 1.54) is 5.56 Å². The van der Waals surface area contributed by atoms with E-state index in [1.54, 1.807) is 47.4 Å². The minimum atomic E-state index is -0.195. The third kappa shape index (κ3) is 6.91. The number of hydrogen-bond donors (Lipinski definition) is 4. The molecule has 218 valence electrons. The fourth-order valence-electron chi connectivity index (χ4n) is 4.64. The van der Waals surface area contributed by atoms with E-state index in [2.05, 4.69) is 28.8 Å². The SMILES string of the molecule is Nc1ccccc1NC(=O)c1ccc(CSc2nc3ccc(Cc4ccc(C(=O)Nc5ccccc5N)cc4)cc3s2)cc1. The van der Waals surface area contributed by atoms with Gasteiger partial charge in [-0.05, 0) is 83.8 Å². The molecule has 0 unspecified atom stereocenters. The van der Waals surface area contributed by atoms with Crippen LogP contribution in [0.15, 0.2) is 120 Å². The lowest BCUT2D eigenvalue weighted by Crippen LogP contribution is -2.13. The summed E-state index contributed by atoms with van der Waals surface area (Å²) < 4.78 is 2.13. The molecule has 9 heteroatoms. The lowest BCUT2D eigenvalue weighted by atomic mass is 10.0. The smallest absolute Gasteiger partial charge is 0.255 e. The van der Waals surface area contributed by atoms with Gasteiger partial charge < -0.3 is 22.1 Å². The molecule has 2 amide bonds. The second-order valence-electron chi connectivity index (χ2n) is 10.2. The van der Waals surface area contributed by atoms with Crippen molar-refractivity contribution in [1.29, 1.82) is 0 Å². The van der Waals surface area contributed by atoms with Crippen LogP contribution in [0, 0.1) is 0 Å². The molecule has 0 bridgehead atoms. The quantitative estimate of drug-likeness (QED) is 0.0970. The minimum absolute atomic E-state index is 0.194.